The lowest BCUT2D eigenvalue weighted by molar-refractivity contribution is 0.0699. The van der Waals surface area contributed by atoms with Crippen LogP contribution in [0, 0.1) is 0 Å². The normalized spacial score (nSPS) is 13.6. The van der Waals surface area contributed by atoms with Gasteiger partial charge in [0.05, 0.1) is 26.4 Å². The molecular formula is C22H33N5O4. The van der Waals surface area contributed by atoms with Crippen LogP contribution in [0.3, 0.4) is 0 Å². The third kappa shape index (κ3) is 8.47. The maximum Gasteiger partial charge on any atom is 0.195 e. The molecular weight excluding hydrogens is 398 g/mol. The zero-order valence-corrected chi connectivity index (χ0v) is 18.2. The minimum absolute atomic E-state index is 0.611. The topological polar surface area (TPSA) is 91.2 Å². The Labute approximate surface area is 183 Å². The van der Waals surface area contributed by atoms with Crippen molar-refractivity contribution >= 4 is 11.6 Å². The smallest absolute Gasteiger partial charge is 0.195 e. The summed E-state index contributed by atoms with van der Waals surface area (Å²) in [5.74, 6) is 2.26. The summed E-state index contributed by atoms with van der Waals surface area (Å²) in [7, 11) is 1.67. The number of aromatic nitrogens is 2. The summed E-state index contributed by atoms with van der Waals surface area (Å²) in [6.07, 6.45) is 6.40. The number of nitrogens with zero attached hydrogens (tertiary/aromatic N) is 3. The summed E-state index contributed by atoms with van der Waals surface area (Å²) in [4.78, 5) is 4.72. The molecule has 1 aromatic heterocycles. The Kier molecular flexibility index (Phi) is 9.98. The highest BCUT2D eigenvalue weighted by Crippen LogP contribution is 2.32. The fourth-order valence-electron chi connectivity index (χ4n) is 3.00. The number of hydrogen-bond acceptors (Lipinski definition) is 6. The summed E-state index contributed by atoms with van der Waals surface area (Å²) in [6.45, 7) is 5.51. The van der Waals surface area contributed by atoms with Crippen molar-refractivity contribution in [1.29, 1.82) is 0 Å². The minimum Gasteiger partial charge on any atom is -0.490 e. The maximum absolute atomic E-state index is 5.79. The van der Waals surface area contributed by atoms with E-state index in [2.05, 4.69) is 15.7 Å². The van der Waals surface area contributed by atoms with E-state index in [1.54, 1.807) is 13.3 Å². The number of ether oxygens (including phenoxy) is 4. The average molecular weight is 432 g/mol. The van der Waals surface area contributed by atoms with Crippen molar-refractivity contribution in [2.24, 2.45) is 4.99 Å². The van der Waals surface area contributed by atoms with Gasteiger partial charge in [0, 0.05) is 63.9 Å². The number of anilines is 1. The predicted octanol–water partition coefficient (Wildman–Crippen LogP) is 2.55. The molecule has 0 aliphatic carbocycles. The SMILES string of the molecule is COCCOCCCNC(=NCCCn1cccn1)Nc1ccc2c(c1)OCCCO2. The van der Waals surface area contributed by atoms with E-state index in [0.717, 1.165) is 55.5 Å². The molecule has 0 spiro atoms. The van der Waals surface area contributed by atoms with Gasteiger partial charge in [-0.15, -0.1) is 0 Å². The number of benzene rings is 1. The minimum atomic E-state index is 0.611. The second-order valence-electron chi connectivity index (χ2n) is 7.08. The van der Waals surface area contributed by atoms with E-state index in [4.69, 9.17) is 23.9 Å². The van der Waals surface area contributed by atoms with Gasteiger partial charge in [0.25, 0.3) is 0 Å². The quantitative estimate of drug-likeness (QED) is 0.303. The zero-order valence-electron chi connectivity index (χ0n) is 18.2. The first-order valence-electron chi connectivity index (χ1n) is 10.8. The van der Waals surface area contributed by atoms with Gasteiger partial charge in [0.2, 0.25) is 0 Å². The molecule has 0 radical (unpaired) electrons. The third-order valence-corrected chi connectivity index (χ3v) is 4.57. The highest BCUT2D eigenvalue weighted by atomic mass is 16.5. The van der Waals surface area contributed by atoms with E-state index in [-0.39, 0.29) is 0 Å². The van der Waals surface area contributed by atoms with Gasteiger partial charge in [0.1, 0.15) is 0 Å². The van der Waals surface area contributed by atoms with Gasteiger partial charge >= 0.3 is 0 Å². The number of methoxy groups -OCH3 is 1. The number of fused-ring (bicyclic) bond motifs is 1. The Hall–Kier alpha value is -2.78. The largest absolute Gasteiger partial charge is 0.490 e. The molecule has 0 unspecified atom stereocenters. The van der Waals surface area contributed by atoms with Gasteiger partial charge < -0.3 is 29.6 Å². The summed E-state index contributed by atoms with van der Waals surface area (Å²) in [6, 6.07) is 7.79. The first kappa shape index (κ1) is 22.9. The Bertz CT molecular complexity index is 782. The van der Waals surface area contributed by atoms with E-state index >= 15 is 0 Å². The van der Waals surface area contributed by atoms with Crippen molar-refractivity contribution in [3.8, 4) is 11.5 Å². The van der Waals surface area contributed by atoms with Gasteiger partial charge in [-0.3, -0.25) is 9.67 Å². The maximum atomic E-state index is 5.79. The van der Waals surface area contributed by atoms with Crippen LogP contribution in [0.15, 0.2) is 41.7 Å². The predicted molar refractivity (Wildman–Crippen MR) is 120 cm³/mol. The molecule has 1 aliphatic heterocycles. The molecule has 1 aliphatic rings. The lowest BCUT2D eigenvalue weighted by Gasteiger charge is -2.15. The standard InChI is InChI=1S/C22H33N5O4/c1-28-16-17-29-13-4-9-24-22(23-8-2-11-27-12-3-10-25-27)26-19-6-7-20-21(18-19)31-15-5-14-30-20/h3,6-7,10,12,18H,2,4-5,8-9,11,13-17H2,1H3,(H2,23,24,26). The molecule has 170 valence electrons. The third-order valence-electron chi connectivity index (χ3n) is 4.57. The fourth-order valence-corrected chi connectivity index (χ4v) is 3.00. The molecule has 2 N–H and O–H groups in total. The Morgan fingerprint density at radius 2 is 2.06 bits per heavy atom. The summed E-state index contributed by atoms with van der Waals surface area (Å²) >= 11 is 0. The molecule has 0 bridgehead atoms. The number of guanidine groups is 1. The summed E-state index contributed by atoms with van der Waals surface area (Å²) < 4.78 is 23.9. The monoisotopic (exact) mass is 431 g/mol. The lowest BCUT2D eigenvalue weighted by atomic mass is 10.2. The van der Waals surface area contributed by atoms with Crippen LogP contribution in [0.1, 0.15) is 19.3 Å². The van der Waals surface area contributed by atoms with Crippen LogP contribution in [0.5, 0.6) is 11.5 Å². The average Bonchev–Trinajstić information content (AvgIpc) is 3.19. The number of aryl methyl sites for hydroxylation is 1. The van der Waals surface area contributed by atoms with E-state index in [0.29, 0.717) is 39.6 Å². The first-order valence-corrected chi connectivity index (χ1v) is 10.8. The highest BCUT2D eigenvalue weighted by molar-refractivity contribution is 5.93. The Morgan fingerprint density at radius 3 is 2.90 bits per heavy atom. The van der Waals surface area contributed by atoms with Crippen molar-refractivity contribution in [2.45, 2.75) is 25.8 Å². The molecule has 31 heavy (non-hydrogen) atoms. The van der Waals surface area contributed by atoms with Crippen molar-refractivity contribution in [3.63, 3.8) is 0 Å². The fraction of sp³-hybridized carbons (Fsp3) is 0.545. The van der Waals surface area contributed by atoms with Crippen LogP contribution in [0.25, 0.3) is 0 Å². The Balaban J connectivity index is 1.52. The molecule has 2 heterocycles. The molecule has 0 amide bonds. The molecule has 0 saturated heterocycles. The van der Waals surface area contributed by atoms with Crippen LogP contribution < -0.4 is 20.1 Å². The number of rotatable bonds is 12. The molecule has 0 fully saturated rings. The molecule has 0 atom stereocenters. The van der Waals surface area contributed by atoms with Gasteiger partial charge in [-0.25, -0.2) is 0 Å². The van der Waals surface area contributed by atoms with Gasteiger partial charge in [-0.05, 0) is 31.0 Å². The number of nitrogens with one attached hydrogen (secondary N) is 2. The molecule has 0 saturated carbocycles. The van der Waals surface area contributed by atoms with Crippen LogP contribution >= 0.6 is 0 Å². The van der Waals surface area contributed by atoms with Crippen LogP contribution in [0.2, 0.25) is 0 Å². The first-order chi connectivity index (χ1) is 15.3. The van der Waals surface area contributed by atoms with E-state index in [1.807, 2.05) is 35.1 Å². The molecule has 3 rings (SSSR count). The second kappa shape index (κ2) is 13.5. The summed E-state index contributed by atoms with van der Waals surface area (Å²) in [5, 5.41) is 11.0. The van der Waals surface area contributed by atoms with Gasteiger partial charge in [-0.1, -0.05) is 0 Å². The van der Waals surface area contributed by atoms with E-state index in [9.17, 15) is 0 Å². The number of aliphatic imine (C=N–C) groups is 1. The van der Waals surface area contributed by atoms with E-state index in [1.165, 1.54) is 0 Å². The van der Waals surface area contributed by atoms with Crippen LogP contribution in [-0.2, 0) is 16.0 Å². The number of hydrogen-bond donors (Lipinski definition) is 2. The zero-order chi connectivity index (χ0) is 21.6. The highest BCUT2D eigenvalue weighted by Gasteiger charge is 2.11. The Morgan fingerprint density at radius 1 is 1.16 bits per heavy atom. The van der Waals surface area contributed by atoms with Crippen molar-refractivity contribution in [3.05, 3.63) is 36.7 Å². The van der Waals surface area contributed by atoms with Crippen molar-refractivity contribution < 1.29 is 18.9 Å². The molecule has 9 heteroatoms. The van der Waals surface area contributed by atoms with Crippen LogP contribution in [0.4, 0.5) is 5.69 Å². The molecule has 1 aromatic carbocycles. The van der Waals surface area contributed by atoms with Crippen molar-refractivity contribution in [1.82, 2.24) is 15.1 Å². The molecule has 9 nitrogen and oxygen atoms in total. The van der Waals surface area contributed by atoms with E-state index < -0.39 is 0 Å². The van der Waals surface area contributed by atoms with Gasteiger partial charge in [0.15, 0.2) is 17.5 Å². The van der Waals surface area contributed by atoms with Crippen LogP contribution in [-0.4, -0.2) is 69.0 Å². The van der Waals surface area contributed by atoms with Gasteiger partial charge in [-0.2, -0.15) is 5.10 Å². The molecule has 2 aromatic rings. The lowest BCUT2D eigenvalue weighted by Crippen LogP contribution is -2.32. The summed E-state index contributed by atoms with van der Waals surface area (Å²) in [5.41, 5.74) is 0.902. The van der Waals surface area contributed by atoms with Crippen molar-refractivity contribution in [2.75, 3.05) is 58.6 Å². The second-order valence-corrected chi connectivity index (χ2v) is 7.08.